The average Bonchev–Trinajstić information content (AvgIpc) is 2.86. The zero-order valence-corrected chi connectivity index (χ0v) is 21.2. The van der Waals surface area contributed by atoms with Gasteiger partial charge in [0.25, 0.3) is 0 Å². The molecular formula is C29H32IN2O+. The van der Waals surface area contributed by atoms with Crippen LogP contribution in [0.1, 0.15) is 30.1 Å². The van der Waals surface area contributed by atoms with Crippen molar-refractivity contribution < 1.29 is 9.22 Å². The van der Waals surface area contributed by atoms with Gasteiger partial charge in [0.2, 0.25) is 0 Å². The number of hydrogen-bond donors (Lipinski definition) is 0. The molecule has 3 aliphatic rings. The molecule has 3 aromatic rings. The number of hydrogen-bond acceptors (Lipinski definition) is 2. The van der Waals surface area contributed by atoms with Crippen molar-refractivity contribution in [2.45, 2.75) is 31.5 Å². The molecule has 0 amide bonds. The van der Waals surface area contributed by atoms with Crippen molar-refractivity contribution in [2.24, 2.45) is 11.8 Å². The first-order valence-corrected chi connectivity index (χ1v) is 13.0. The number of para-hydroxylation sites is 1. The molecule has 0 aliphatic carbocycles. The Morgan fingerprint density at radius 1 is 1.12 bits per heavy atom. The van der Waals surface area contributed by atoms with Crippen LogP contribution < -0.4 is 0 Å². The van der Waals surface area contributed by atoms with Crippen LogP contribution in [0.4, 0.5) is 0 Å². The molecule has 33 heavy (non-hydrogen) atoms. The number of piperidine rings is 3. The van der Waals surface area contributed by atoms with Gasteiger partial charge in [-0.1, -0.05) is 42.5 Å². The molecule has 3 fully saturated rings. The molecule has 2 bridgehead atoms. The number of benzene rings is 2. The van der Waals surface area contributed by atoms with E-state index in [1.165, 1.54) is 39.5 Å². The van der Waals surface area contributed by atoms with Gasteiger partial charge in [0.15, 0.2) is 0 Å². The molecule has 0 saturated carbocycles. The van der Waals surface area contributed by atoms with E-state index >= 15 is 0 Å². The van der Waals surface area contributed by atoms with Gasteiger partial charge in [-0.05, 0) is 58.3 Å². The zero-order chi connectivity index (χ0) is 22.8. The van der Waals surface area contributed by atoms with E-state index in [4.69, 9.17) is 4.74 Å². The Morgan fingerprint density at radius 3 is 2.73 bits per heavy atom. The van der Waals surface area contributed by atoms with Crippen LogP contribution in [-0.4, -0.2) is 35.2 Å². The number of nitrogens with zero attached hydrogens (tertiary/aromatic N) is 2. The Kier molecular flexibility index (Phi) is 6.68. The van der Waals surface area contributed by atoms with Crippen LogP contribution in [0.2, 0.25) is 0 Å². The minimum atomic E-state index is 0.00770. The van der Waals surface area contributed by atoms with Crippen molar-refractivity contribution >= 4 is 33.5 Å². The highest BCUT2D eigenvalue weighted by molar-refractivity contribution is 14.1. The van der Waals surface area contributed by atoms with Crippen LogP contribution in [0.15, 0.2) is 86.1 Å². The Morgan fingerprint density at radius 2 is 1.94 bits per heavy atom. The molecule has 0 N–H and O–H groups in total. The SMILES string of the molecule is C=CCO[C@@H](c1ccnc2ccccc12)[C@H]1CC2CC[N+]1(Cc1ccc(I)cc1)C[C@@H]2C=C. The molecule has 3 saturated heterocycles. The van der Waals surface area contributed by atoms with Crippen molar-refractivity contribution in [2.75, 3.05) is 19.7 Å². The fourth-order valence-corrected chi connectivity index (χ4v) is 6.62. The average molecular weight is 551 g/mol. The Balaban J connectivity index is 1.59. The molecule has 3 aliphatic heterocycles. The Labute approximate surface area is 210 Å². The molecule has 3 nitrogen and oxygen atoms in total. The summed E-state index contributed by atoms with van der Waals surface area (Å²) in [5, 5.41) is 1.20. The standard InChI is InChI=1S/C29H32IN2O/c1-3-17-33-29(26-13-15-31-27-8-6-5-7-25(26)27)28-18-23-14-16-32(28,20-22(23)4-2)19-21-9-11-24(30)12-10-21/h3-13,15,22-23,28-29H,1-2,14,16-20H2/q+1/t22-,23?,28+,29-,32?/m0/s1. The number of halogens is 1. The molecule has 170 valence electrons. The van der Waals surface area contributed by atoms with E-state index in [1.807, 2.05) is 12.3 Å². The van der Waals surface area contributed by atoms with Crippen molar-refractivity contribution in [3.63, 3.8) is 0 Å². The monoisotopic (exact) mass is 551 g/mol. The number of ether oxygens (including phenoxy) is 1. The summed E-state index contributed by atoms with van der Waals surface area (Å²) in [6.45, 7) is 12.1. The predicted molar refractivity (Wildman–Crippen MR) is 144 cm³/mol. The summed E-state index contributed by atoms with van der Waals surface area (Å²) >= 11 is 2.39. The van der Waals surface area contributed by atoms with Gasteiger partial charge in [-0.25, -0.2) is 0 Å². The number of rotatable bonds is 8. The van der Waals surface area contributed by atoms with E-state index in [-0.39, 0.29) is 6.10 Å². The molecule has 0 spiro atoms. The molecule has 0 radical (unpaired) electrons. The van der Waals surface area contributed by atoms with Crippen LogP contribution >= 0.6 is 22.6 Å². The maximum Gasteiger partial charge on any atom is 0.135 e. The Hall–Kier alpha value is -2.02. The minimum Gasteiger partial charge on any atom is -0.363 e. The third kappa shape index (κ3) is 4.41. The lowest BCUT2D eigenvalue weighted by Gasteiger charge is -2.58. The van der Waals surface area contributed by atoms with Crippen molar-refractivity contribution in [1.82, 2.24) is 4.98 Å². The summed E-state index contributed by atoms with van der Waals surface area (Å²) in [5.41, 5.74) is 3.70. The van der Waals surface area contributed by atoms with E-state index < -0.39 is 0 Å². The summed E-state index contributed by atoms with van der Waals surface area (Å²) in [6, 6.07) is 20.1. The first kappa shape index (κ1) is 22.8. The van der Waals surface area contributed by atoms with Gasteiger partial charge in [0, 0.05) is 39.5 Å². The molecule has 2 aromatic carbocycles. The summed E-state index contributed by atoms with van der Waals surface area (Å²) in [5.74, 6) is 1.26. The van der Waals surface area contributed by atoms with Crippen molar-refractivity contribution in [1.29, 1.82) is 0 Å². The van der Waals surface area contributed by atoms with Crippen LogP contribution in [-0.2, 0) is 11.3 Å². The maximum atomic E-state index is 6.64. The second-order valence-electron chi connectivity index (χ2n) is 9.62. The van der Waals surface area contributed by atoms with Crippen LogP contribution in [0, 0.1) is 15.4 Å². The van der Waals surface area contributed by atoms with Crippen LogP contribution in [0.3, 0.4) is 0 Å². The fourth-order valence-electron chi connectivity index (χ4n) is 6.26. The van der Waals surface area contributed by atoms with E-state index in [1.54, 1.807) is 0 Å². The predicted octanol–water partition coefficient (Wildman–Crippen LogP) is 6.69. The highest BCUT2D eigenvalue weighted by atomic mass is 127. The number of quaternary nitrogens is 1. The van der Waals surface area contributed by atoms with Crippen molar-refractivity contribution in [3.05, 3.63) is 101 Å². The molecule has 5 atom stereocenters. The number of fused-ring (bicyclic) bond motifs is 4. The lowest BCUT2D eigenvalue weighted by molar-refractivity contribution is -0.985. The van der Waals surface area contributed by atoms with Gasteiger partial charge in [-0.3, -0.25) is 4.98 Å². The van der Waals surface area contributed by atoms with Gasteiger partial charge < -0.3 is 9.22 Å². The van der Waals surface area contributed by atoms with E-state index in [2.05, 4.69) is 101 Å². The van der Waals surface area contributed by atoms with E-state index in [9.17, 15) is 0 Å². The van der Waals surface area contributed by atoms with Gasteiger partial charge in [0.05, 0.1) is 25.2 Å². The van der Waals surface area contributed by atoms with Gasteiger partial charge >= 0.3 is 0 Å². The van der Waals surface area contributed by atoms with Crippen LogP contribution in [0.25, 0.3) is 10.9 Å². The topological polar surface area (TPSA) is 22.1 Å². The second kappa shape index (κ2) is 9.69. The summed E-state index contributed by atoms with van der Waals surface area (Å²) in [6.07, 6.45) is 8.47. The summed E-state index contributed by atoms with van der Waals surface area (Å²) in [4.78, 5) is 4.62. The Bertz CT molecular complexity index is 1140. The number of aromatic nitrogens is 1. The third-order valence-electron chi connectivity index (χ3n) is 7.82. The molecule has 2 unspecified atom stereocenters. The molecule has 1 aromatic heterocycles. The first-order chi connectivity index (χ1) is 16.1. The van der Waals surface area contributed by atoms with E-state index in [0.29, 0.717) is 24.5 Å². The molecule has 4 heterocycles. The largest absolute Gasteiger partial charge is 0.363 e. The van der Waals surface area contributed by atoms with Gasteiger partial charge in [-0.15, -0.1) is 13.2 Å². The fraction of sp³-hybridized carbons (Fsp3) is 0.345. The summed E-state index contributed by atoms with van der Waals surface area (Å²) < 4.78 is 8.98. The first-order valence-electron chi connectivity index (χ1n) is 11.9. The van der Waals surface area contributed by atoms with E-state index in [0.717, 1.165) is 23.1 Å². The van der Waals surface area contributed by atoms with Crippen LogP contribution in [0.5, 0.6) is 0 Å². The maximum absolute atomic E-state index is 6.64. The molecule has 4 heteroatoms. The molecule has 6 rings (SSSR count). The lowest BCUT2D eigenvalue weighted by Crippen LogP contribution is -2.67. The quantitative estimate of drug-likeness (QED) is 0.177. The van der Waals surface area contributed by atoms with Crippen molar-refractivity contribution in [3.8, 4) is 0 Å². The minimum absolute atomic E-state index is 0.00770. The molecular weight excluding hydrogens is 519 g/mol. The highest BCUT2D eigenvalue weighted by Gasteiger charge is 2.54. The normalized spacial score (nSPS) is 27.4. The van der Waals surface area contributed by atoms with Gasteiger partial charge in [0.1, 0.15) is 18.7 Å². The second-order valence-corrected chi connectivity index (χ2v) is 10.9. The smallest absolute Gasteiger partial charge is 0.135 e. The van der Waals surface area contributed by atoms with Gasteiger partial charge in [-0.2, -0.15) is 0 Å². The number of pyridine rings is 1. The lowest BCUT2D eigenvalue weighted by atomic mass is 9.71. The zero-order valence-electron chi connectivity index (χ0n) is 19.1. The highest BCUT2D eigenvalue weighted by Crippen LogP contribution is 2.49. The summed E-state index contributed by atoms with van der Waals surface area (Å²) in [7, 11) is 0. The third-order valence-corrected chi connectivity index (χ3v) is 8.54.